The molecule has 21 heavy (non-hydrogen) atoms. The van der Waals surface area contributed by atoms with E-state index in [4.69, 9.17) is 5.73 Å². The van der Waals surface area contributed by atoms with E-state index in [1.807, 2.05) is 18.5 Å². The topological polar surface area (TPSA) is 71.2 Å². The molecule has 2 aromatic rings. The number of nitrogens with two attached hydrogens (primary N) is 1. The lowest BCUT2D eigenvalue weighted by Crippen LogP contribution is -2.45. The van der Waals surface area contributed by atoms with Gasteiger partial charge in [-0.15, -0.1) is 0 Å². The first-order valence-electron chi connectivity index (χ1n) is 7.16. The molecule has 0 spiro atoms. The molecule has 3 rings (SSSR count). The molecule has 2 N–H and O–H groups in total. The third kappa shape index (κ3) is 3.28. The zero-order chi connectivity index (χ0) is 14.7. The molecule has 0 aliphatic carbocycles. The molecule has 0 amide bonds. The summed E-state index contributed by atoms with van der Waals surface area (Å²) in [6.45, 7) is 4.01. The molecule has 0 saturated carbocycles. The molecule has 1 aliphatic rings. The van der Waals surface area contributed by atoms with Gasteiger partial charge in [0.15, 0.2) is 0 Å². The Morgan fingerprint density at radius 1 is 1.19 bits per heavy atom. The fourth-order valence-corrected chi connectivity index (χ4v) is 2.55. The summed E-state index contributed by atoms with van der Waals surface area (Å²) < 4.78 is 0. The van der Waals surface area contributed by atoms with E-state index in [2.05, 4.69) is 37.9 Å². The smallest absolute Gasteiger partial charge is 0.221 e. The van der Waals surface area contributed by atoms with Crippen molar-refractivity contribution >= 4 is 11.8 Å². The molecule has 6 nitrogen and oxygen atoms in total. The molecule has 1 aliphatic heterocycles. The second-order valence-electron chi connectivity index (χ2n) is 5.41. The first-order valence-corrected chi connectivity index (χ1v) is 7.16. The zero-order valence-corrected chi connectivity index (χ0v) is 12.2. The minimum absolute atomic E-state index is 0.332. The molecule has 1 saturated heterocycles. The summed E-state index contributed by atoms with van der Waals surface area (Å²) in [5.74, 6) is 1.29. The van der Waals surface area contributed by atoms with Crippen LogP contribution >= 0.6 is 0 Å². The van der Waals surface area contributed by atoms with Crippen LogP contribution in [0.5, 0.6) is 0 Å². The van der Waals surface area contributed by atoms with Gasteiger partial charge in [-0.3, -0.25) is 4.98 Å². The number of piperazine rings is 1. The highest BCUT2D eigenvalue weighted by Gasteiger charge is 2.19. The number of likely N-dealkylation sites (N-methyl/N-ethyl adjacent to an activating group) is 1. The van der Waals surface area contributed by atoms with Crippen LogP contribution in [-0.2, 0) is 6.42 Å². The summed E-state index contributed by atoms with van der Waals surface area (Å²) in [7, 11) is 2.14. The van der Waals surface area contributed by atoms with Crippen LogP contribution in [0.3, 0.4) is 0 Å². The van der Waals surface area contributed by atoms with E-state index in [9.17, 15) is 0 Å². The lowest BCUT2D eigenvalue weighted by Gasteiger charge is -2.34. The Morgan fingerprint density at radius 2 is 2.00 bits per heavy atom. The number of nitrogen functional groups attached to an aromatic ring is 1. The molecule has 0 radical (unpaired) electrons. The van der Waals surface area contributed by atoms with Crippen LogP contribution in [-0.4, -0.2) is 53.1 Å². The predicted octanol–water partition coefficient (Wildman–Crippen LogP) is 0.796. The SMILES string of the molecule is CN1CCN(c2nc(N)ncc2Cc2cccnc2)CC1. The number of rotatable bonds is 3. The normalized spacial score (nSPS) is 16.1. The van der Waals surface area contributed by atoms with Gasteiger partial charge in [0.2, 0.25) is 5.95 Å². The highest BCUT2D eigenvalue weighted by molar-refractivity contribution is 5.50. The largest absolute Gasteiger partial charge is 0.368 e. The number of pyridine rings is 1. The molecule has 0 aromatic carbocycles. The maximum atomic E-state index is 5.78. The van der Waals surface area contributed by atoms with E-state index < -0.39 is 0 Å². The molecule has 1 fully saturated rings. The van der Waals surface area contributed by atoms with Gasteiger partial charge in [0.05, 0.1) is 0 Å². The van der Waals surface area contributed by atoms with Crippen LogP contribution < -0.4 is 10.6 Å². The van der Waals surface area contributed by atoms with E-state index in [-0.39, 0.29) is 0 Å². The van der Waals surface area contributed by atoms with Crippen molar-refractivity contribution in [3.8, 4) is 0 Å². The van der Waals surface area contributed by atoms with Crippen molar-refractivity contribution in [1.82, 2.24) is 19.9 Å². The minimum atomic E-state index is 0.332. The van der Waals surface area contributed by atoms with Crippen LogP contribution in [0.1, 0.15) is 11.1 Å². The molecule has 0 atom stereocenters. The highest BCUT2D eigenvalue weighted by atomic mass is 15.3. The predicted molar refractivity (Wildman–Crippen MR) is 83.2 cm³/mol. The van der Waals surface area contributed by atoms with Crippen LogP contribution in [0.15, 0.2) is 30.7 Å². The van der Waals surface area contributed by atoms with Crippen molar-refractivity contribution in [2.75, 3.05) is 43.9 Å². The van der Waals surface area contributed by atoms with E-state index in [1.165, 1.54) is 0 Å². The third-order valence-corrected chi connectivity index (χ3v) is 3.78. The lowest BCUT2D eigenvalue weighted by atomic mass is 10.1. The molecule has 6 heteroatoms. The maximum Gasteiger partial charge on any atom is 0.221 e. The summed E-state index contributed by atoms with van der Waals surface area (Å²) in [4.78, 5) is 17.4. The summed E-state index contributed by atoms with van der Waals surface area (Å²) in [6, 6.07) is 4.01. The number of anilines is 2. The second-order valence-corrected chi connectivity index (χ2v) is 5.41. The Balaban J connectivity index is 1.86. The van der Waals surface area contributed by atoms with Gasteiger partial charge < -0.3 is 15.5 Å². The van der Waals surface area contributed by atoms with Crippen molar-refractivity contribution in [1.29, 1.82) is 0 Å². The van der Waals surface area contributed by atoms with Gasteiger partial charge >= 0.3 is 0 Å². The van der Waals surface area contributed by atoms with Gasteiger partial charge in [-0.25, -0.2) is 4.98 Å². The zero-order valence-electron chi connectivity index (χ0n) is 12.2. The van der Waals surface area contributed by atoms with Crippen molar-refractivity contribution in [3.63, 3.8) is 0 Å². The molecule has 3 heterocycles. The first-order chi connectivity index (χ1) is 10.2. The quantitative estimate of drug-likeness (QED) is 0.899. The average molecular weight is 284 g/mol. The number of hydrogen-bond donors (Lipinski definition) is 1. The Bertz CT molecular complexity index is 592. The van der Waals surface area contributed by atoms with E-state index >= 15 is 0 Å². The Hall–Kier alpha value is -2.21. The van der Waals surface area contributed by atoms with Crippen molar-refractivity contribution in [3.05, 3.63) is 41.9 Å². The van der Waals surface area contributed by atoms with Gasteiger partial charge in [-0.05, 0) is 18.7 Å². The van der Waals surface area contributed by atoms with Gasteiger partial charge in [-0.1, -0.05) is 6.07 Å². The fraction of sp³-hybridized carbons (Fsp3) is 0.400. The third-order valence-electron chi connectivity index (χ3n) is 3.78. The molecule has 0 bridgehead atoms. The first kappa shape index (κ1) is 13.8. The van der Waals surface area contributed by atoms with Gasteiger partial charge in [-0.2, -0.15) is 4.98 Å². The monoisotopic (exact) mass is 284 g/mol. The minimum Gasteiger partial charge on any atom is -0.368 e. The van der Waals surface area contributed by atoms with Crippen LogP contribution in [0.2, 0.25) is 0 Å². The van der Waals surface area contributed by atoms with Crippen molar-refractivity contribution in [2.45, 2.75) is 6.42 Å². The summed E-state index contributed by atoms with van der Waals surface area (Å²) in [5.41, 5.74) is 8.04. The second kappa shape index (κ2) is 6.05. The number of aromatic nitrogens is 3. The molecule has 110 valence electrons. The van der Waals surface area contributed by atoms with Crippen LogP contribution in [0.4, 0.5) is 11.8 Å². The highest BCUT2D eigenvalue weighted by Crippen LogP contribution is 2.22. The summed E-state index contributed by atoms with van der Waals surface area (Å²) in [5, 5.41) is 0. The summed E-state index contributed by atoms with van der Waals surface area (Å²) >= 11 is 0. The van der Waals surface area contributed by atoms with Gasteiger partial charge in [0.25, 0.3) is 0 Å². The van der Waals surface area contributed by atoms with E-state index in [0.29, 0.717) is 5.95 Å². The van der Waals surface area contributed by atoms with Crippen LogP contribution in [0.25, 0.3) is 0 Å². The van der Waals surface area contributed by atoms with Gasteiger partial charge in [0, 0.05) is 56.8 Å². The van der Waals surface area contributed by atoms with Gasteiger partial charge in [0.1, 0.15) is 5.82 Å². The molecular weight excluding hydrogens is 264 g/mol. The average Bonchev–Trinajstić information content (AvgIpc) is 2.51. The van der Waals surface area contributed by atoms with Crippen LogP contribution in [0, 0.1) is 0 Å². The molecule has 2 aromatic heterocycles. The standard InChI is InChI=1S/C15H20N6/c1-20-5-7-21(8-6-20)14-13(11-18-15(16)19-14)9-12-3-2-4-17-10-12/h2-4,10-11H,5-9H2,1H3,(H2,16,18,19). The lowest BCUT2D eigenvalue weighted by molar-refractivity contribution is 0.312. The van der Waals surface area contributed by atoms with E-state index in [1.54, 1.807) is 6.20 Å². The van der Waals surface area contributed by atoms with E-state index in [0.717, 1.165) is 49.5 Å². The molecule has 0 unspecified atom stereocenters. The maximum absolute atomic E-state index is 5.78. The summed E-state index contributed by atoms with van der Waals surface area (Å²) in [6.07, 6.45) is 6.27. The Morgan fingerprint density at radius 3 is 2.71 bits per heavy atom. The fourth-order valence-electron chi connectivity index (χ4n) is 2.55. The number of hydrogen-bond acceptors (Lipinski definition) is 6. The number of nitrogens with zero attached hydrogens (tertiary/aromatic N) is 5. The molecular formula is C15H20N6. The Kier molecular flexibility index (Phi) is 3.96. The Labute approximate surface area is 124 Å². The van der Waals surface area contributed by atoms with Crippen molar-refractivity contribution < 1.29 is 0 Å². The van der Waals surface area contributed by atoms with Crippen molar-refractivity contribution in [2.24, 2.45) is 0 Å².